The van der Waals surface area contributed by atoms with Gasteiger partial charge in [-0.2, -0.15) is 0 Å². The van der Waals surface area contributed by atoms with Crippen LogP contribution in [0.4, 0.5) is 20.2 Å². The molecule has 1 aliphatic heterocycles. The first kappa shape index (κ1) is 15.5. The summed E-state index contributed by atoms with van der Waals surface area (Å²) in [6.07, 6.45) is 0.888. The van der Waals surface area contributed by atoms with Crippen LogP contribution in [0.1, 0.15) is 12.0 Å². The van der Waals surface area contributed by atoms with E-state index in [1.807, 2.05) is 11.9 Å². The summed E-state index contributed by atoms with van der Waals surface area (Å²) >= 11 is 0. The second-order valence-electron chi connectivity index (χ2n) is 5.76. The highest BCUT2D eigenvalue weighted by atomic mass is 19.1. The minimum atomic E-state index is -0.373. The van der Waals surface area contributed by atoms with E-state index in [1.54, 1.807) is 23.1 Å². The molecule has 0 unspecified atom stereocenters. The van der Waals surface area contributed by atoms with Crippen molar-refractivity contribution in [2.45, 2.75) is 12.8 Å². The Balaban J connectivity index is 1.91. The molecule has 23 heavy (non-hydrogen) atoms. The number of amides is 1. The predicted molar refractivity (Wildman–Crippen MR) is 86.7 cm³/mol. The van der Waals surface area contributed by atoms with E-state index in [1.165, 1.54) is 24.3 Å². The number of anilines is 2. The monoisotopic (exact) mass is 316 g/mol. The second kappa shape index (κ2) is 6.36. The summed E-state index contributed by atoms with van der Waals surface area (Å²) in [5.41, 5.74) is 2.02. The summed E-state index contributed by atoms with van der Waals surface area (Å²) in [4.78, 5) is 16.3. The van der Waals surface area contributed by atoms with Crippen LogP contribution >= 0.6 is 0 Å². The minimum absolute atomic E-state index is 0.0947. The molecule has 2 aromatic rings. The molecular formula is C18H18F2N2O. The van der Waals surface area contributed by atoms with Crippen LogP contribution < -0.4 is 9.80 Å². The van der Waals surface area contributed by atoms with Crippen molar-refractivity contribution in [3.05, 3.63) is 59.7 Å². The smallest absolute Gasteiger partial charge is 0.231 e. The maximum atomic E-state index is 13.7. The van der Waals surface area contributed by atoms with Crippen molar-refractivity contribution in [2.24, 2.45) is 0 Å². The highest BCUT2D eigenvalue weighted by Crippen LogP contribution is 2.32. The third-order valence-corrected chi connectivity index (χ3v) is 4.06. The number of nitrogens with zero attached hydrogens (tertiary/aromatic N) is 2. The van der Waals surface area contributed by atoms with Gasteiger partial charge < -0.3 is 9.80 Å². The van der Waals surface area contributed by atoms with Gasteiger partial charge in [-0.15, -0.1) is 0 Å². The molecule has 0 radical (unpaired) electrons. The van der Waals surface area contributed by atoms with Crippen molar-refractivity contribution in [1.82, 2.24) is 0 Å². The Bertz CT molecular complexity index is 733. The van der Waals surface area contributed by atoms with Gasteiger partial charge >= 0.3 is 0 Å². The Morgan fingerprint density at radius 3 is 2.61 bits per heavy atom. The van der Waals surface area contributed by atoms with Crippen LogP contribution in [0.25, 0.3) is 0 Å². The zero-order chi connectivity index (χ0) is 16.4. The molecule has 3 rings (SSSR count). The zero-order valence-corrected chi connectivity index (χ0v) is 12.9. The number of fused-ring (bicyclic) bond motifs is 1. The van der Waals surface area contributed by atoms with E-state index < -0.39 is 0 Å². The standard InChI is InChI=1S/C18H18F2N2O/c1-21-8-3-9-22(17-12-15(20)6-7-16(17)21)18(23)11-13-4-2-5-14(19)10-13/h2,4-7,10,12H,3,8-9,11H2,1H3. The number of rotatable bonds is 2. The van der Waals surface area contributed by atoms with Gasteiger partial charge in [-0.05, 0) is 42.3 Å². The molecule has 3 nitrogen and oxygen atoms in total. The number of hydrogen-bond acceptors (Lipinski definition) is 2. The number of hydrogen-bond donors (Lipinski definition) is 0. The Morgan fingerprint density at radius 2 is 1.83 bits per heavy atom. The summed E-state index contributed by atoms with van der Waals surface area (Å²) in [6.45, 7) is 1.32. The van der Waals surface area contributed by atoms with Crippen molar-refractivity contribution in [2.75, 3.05) is 29.9 Å². The summed E-state index contributed by atoms with van der Waals surface area (Å²) in [5, 5.41) is 0. The quantitative estimate of drug-likeness (QED) is 0.848. The molecule has 1 amide bonds. The van der Waals surface area contributed by atoms with Crippen LogP contribution in [-0.4, -0.2) is 26.0 Å². The lowest BCUT2D eigenvalue weighted by Gasteiger charge is -2.24. The van der Waals surface area contributed by atoms with Gasteiger partial charge in [-0.3, -0.25) is 4.79 Å². The molecule has 0 fully saturated rings. The fraction of sp³-hybridized carbons (Fsp3) is 0.278. The van der Waals surface area contributed by atoms with Crippen molar-refractivity contribution >= 4 is 17.3 Å². The van der Waals surface area contributed by atoms with Gasteiger partial charge in [0.25, 0.3) is 0 Å². The zero-order valence-electron chi connectivity index (χ0n) is 12.9. The van der Waals surface area contributed by atoms with Crippen molar-refractivity contribution < 1.29 is 13.6 Å². The summed E-state index contributed by atoms with van der Waals surface area (Å²) < 4.78 is 27.0. The molecule has 1 heterocycles. The van der Waals surface area contributed by atoms with Gasteiger partial charge in [0, 0.05) is 20.1 Å². The Hall–Kier alpha value is -2.43. The van der Waals surface area contributed by atoms with Crippen LogP contribution in [0.2, 0.25) is 0 Å². The first-order valence-corrected chi connectivity index (χ1v) is 7.60. The Labute approximate surface area is 134 Å². The van der Waals surface area contributed by atoms with E-state index in [0.29, 0.717) is 17.8 Å². The SMILES string of the molecule is CN1CCCN(C(=O)Cc2cccc(F)c2)c2cc(F)ccc21. The van der Waals surface area contributed by atoms with E-state index in [4.69, 9.17) is 0 Å². The lowest BCUT2D eigenvalue weighted by molar-refractivity contribution is -0.118. The summed E-state index contributed by atoms with van der Waals surface area (Å²) in [7, 11) is 1.93. The number of carbonyl (C=O) groups excluding carboxylic acids is 1. The Kier molecular flexibility index (Phi) is 4.28. The molecule has 0 bridgehead atoms. The first-order chi connectivity index (χ1) is 11.0. The summed E-state index contributed by atoms with van der Waals surface area (Å²) in [6, 6.07) is 10.5. The highest BCUT2D eigenvalue weighted by Gasteiger charge is 2.24. The molecular weight excluding hydrogens is 298 g/mol. The maximum Gasteiger partial charge on any atom is 0.231 e. The van der Waals surface area contributed by atoms with Crippen LogP contribution in [0.15, 0.2) is 42.5 Å². The molecule has 0 aromatic heterocycles. The van der Waals surface area contributed by atoms with E-state index >= 15 is 0 Å². The number of benzene rings is 2. The van der Waals surface area contributed by atoms with Gasteiger partial charge in [-0.1, -0.05) is 12.1 Å². The minimum Gasteiger partial charge on any atom is -0.373 e. The average molecular weight is 316 g/mol. The molecule has 0 atom stereocenters. The molecule has 120 valence electrons. The van der Waals surface area contributed by atoms with Gasteiger partial charge in [0.05, 0.1) is 17.8 Å². The maximum absolute atomic E-state index is 13.7. The Morgan fingerprint density at radius 1 is 1.04 bits per heavy atom. The number of halogens is 2. The van der Waals surface area contributed by atoms with Gasteiger partial charge in [0.15, 0.2) is 0 Å². The van der Waals surface area contributed by atoms with Crippen molar-refractivity contribution in [1.29, 1.82) is 0 Å². The lowest BCUT2D eigenvalue weighted by atomic mass is 10.1. The van der Waals surface area contributed by atoms with E-state index in [9.17, 15) is 13.6 Å². The largest absolute Gasteiger partial charge is 0.373 e. The van der Waals surface area contributed by atoms with Crippen LogP contribution in [0.5, 0.6) is 0 Å². The van der Waals surface area contributed by atoms with Gasteiger partial charge in [0.2, 0.25) is 5.91 Å². The van der Waals surface area contributed by atoms with Crippen molar-refractivity contribution in [3.63, 3.8) is 0 Å². The first-order valence-electron chi connectivity index (χ1n) is 7.60. The normalized spacial score (nSPS) is 14.4. The summed E-state index contributed by atoms with van der Waals surface area (Å²) in [5.74, 6) is -0.891. The molecule has 0 N–H and O–H groups in total. The molecule has 5 heteroatoms. The molecule has 0 spiro atoms. The van der Waals surface area contributed by atoms with Crippen LogP contribution in [-0.2, 0) is 11.2 Å². The molecule has 1 aliphatic rings. The second-order valence-corrected chi connectivity index (χ2v) is 5.76. The third-order valence-electron chi connectivity index (χ3n) is 4.06. The lowest BCUT2D eigenvalue weighted by Crippen LogP contribution is -2.33. The van der Waals surface area contributed by atoms with E-state index in [0.717, 1.165) is 18.7 Å². The average Bonchev–Trinajstić information content (AvgIpc) is 2.66. The van der Waals surface area contributed by atoms with Crippen molar-refractivity contribution in [3.8, 4) is 0 Å². The highest BCUT2D eigenvalue weighted by molar-refractivity contribution is 5.98. The van der Waals surface area contributed by atoms with Gasteiger partial charge in [0.1, 0.15) is 11.6 Å². The predicted octanol–water partition coefficient (Wildman–Crippen LogP) is 3.38. The van der Waals surface area contributed by atoms with Crippen LogP contribution in [0.3, 0.4) is 0 Å². The fourth-order valence-electron chi connectivity index (χ4n) is 2.92. The molecule has 0 aliphatic carbocycles. The van der Waals surface area contributed by atoms with Crippen LogP contribution in [0, 0.1) is 11.6 Å². The molecule has 0 saturated carbocycles. The molecule has 2 aromatic carbocycles. The van der Waals surface area contributed by atoms with E-state index in [2.05, 4.69) is 0 Å². The topological polar surface area (TPSA) is 23.6 Å². The fourth-order valence-corrected chi connectivity index (χ4v) is 2.92. The third kappa shape index (κ3) is 3.33. The van der Waals surface area contributed by atoms with Gasteiger partial charge in [-0.25, -0.2) is 8.78 Å². The number of carbonyl (C=O) groups is 1. The molecule has 0 saturated heterocycles. The van der Waals surface area contributed by atoms with E-state index in [-0.39, 0.29) is 24.0 Å².